The number of aliphatic hydroxyl groups excluding tert-OH is 1. The molecule has 27 heavy (non-hydrogen) atoms. The Morgan fingerprint density at radius 1 is 1.37 bits per heavy atom. The summed E-state index contributed by atoms with van der Waals surface area (Å²) in [5, 5.41) is 12.2. The van der Waals surface area contributed by atoms with Crippen molar-refractivity contribution in [1.82, 2.24) is 9.29 Å². The Bertz CT molecular complexity index is 1000. The lowest BCUT2D eigenvalue weighted by Crippen LogP contribution is -2.40. The monoisotopic (exact) mass is 399 g/mol. The molecular weight excluding hydrogens is 380 g/mol. The van der Waals surface area contributed by atoms with Gasteiger partial charge in [0.2, 0.25) is 10.0 Å². The number of aryl methyl sites for hydroxylation is 1. The van der Waals surface area contributed by atoms with Gasteiger partial charge in [-0.25, -0.2) is 21.9 Å². The largest absolute Gasteiger partial charge is 0.392 e. The van der Waals surface area contributed by atoms with E-state index >= 15 is 0 Å². The molecular formula is C17H19F2N3O4S. The number of aromatic nitrogens is 1. The summed E-state index contributed by atoms with van der Waals surface area (Å²) in [6.45, 7) is 1.49. The minimum absolute atomic E-state index is 0.0383. The number of nitrogens with zero attached hydrogens (tertiary/aromatic N) is 1. The van der Waals surface area contributed by atoms with Crippen molar-refractivity contribution < 1.29 is 27.1 Å². The van der Waals surface area contributed by atoms with Crippen LogP contribution >= 0.6 is 0 Å². The number of fused-ring (bicyclic) bond motifs is 1. The quantitative estimate of drug-likeness (QED) is 0.729. The number of amides is 1. The fourth-order valence-corrected chi connectivity index (χ4v) is 4.80. The molecule has 0 fully saturated rings. The molecule has 2 heterocycles. The average molecular weight is 399 g/mol. The molecule has 2 aromatic rings. The molecule has 0 radical (unpaired) electrons. The van der Waals surface area contributed by atoms with E-state index < -0.39 is 39.7 Å². The first-order valence-corrected chi connectivity index (χ1v) is 9.73. The maximum atomic E-state index is 13.4. The van der Waals surface area contributed by atoms with Crippen LogP contribution in [0.4, 0.5) is 14.5 Å². The Morgan fingerprint density at radius 2 is 2.07 bits per heavy atom. The zero-order valence-electron chi connectivity index (χ0n) is 14.7. The van der Waals surface area contributed by atoms with Crippen LogP contribution in [0.2, 0.25) is 0 Å². The molecule has 0 spiro atoms. The fourth-order valence-electron chi connectivity index (χ4n) is 3.14. The fraction of sp³-hybridized carbons (Fsp3) is 0.353. The summed E-state index contributed by atoms with van der Waals surface area (Å²) in [6, 6.07) is 2.27. The maximum Gasteiger partial charge on any atom is 0.272 e. The van der Waals surface area contributed by atoms with Crippen molar-refractivity contribution in [2.24, 2.45) is 7.05 Å². The average Bonchev–Trinajstić information content (AvgIpc) is 2.85. The van der Waals surface area contributed by atoms with Gasteiger partial charge in [-0.1, -0.05) is 0 Å². The first-order valence-electron chi connectivity index (χ1n) is 8.25. The SMILES string of the molecule is C[C@H](O)C1CCc2c(cn(C)c2C(=O)Nc2ccc(F)c(F)c2)S(=O)(=O)N1. The summed E-state index contributed by atoms with van der Waals surface area (Å²) in [6.07, 6.45) is 0.983. The van der Waals surface area contributed by atoms with Crippen molar-refractivity contribution in [2.45, 2.75) is 36.8 Å². The highest BCUT2D eigenvalue weighted by Crippen LogP contribution is 2.28. The molecule has 0 bridgehead atoms. The minimum atomic E-state index is -3.91. The van der Waals surface area contributed by atoms with Crippen molar-refractivity contribution >= 4 is 21.6 Å². The van der Waals surface area contributed by atoms with Gasteiger partial charge in [0.1, 0.15) is 10.6 Å². The number of aliphatic hydroxyl groups is 1. The Labute approximate surface area is 155 Å². The Balaban J connectivity index is 1.97. The van der Waals surface area contributed by atoms with E-state index in [0.717, 1.165) is 12.1 Å². The van der Waals surface area contributed by atoms with E-state index in [0.29, 0.717) is 12.0 Å². The van der Waals surface area contributed by atoms with Gasteiger partial charge in [0, 0.05) is 36.6 Å². The van der Waals surface area contributed by atoms with Gasteiger partial charge < -0.3 is 15.0 Å². The maximum absolute atomic E-state index is 13.4. The molecule has 1 aliphatic rings. The molecule has 1 amide bonds. The highest BCUT2D eigenvalue weighted by atomic mass is 32.2. The van der Waals surface area contributed by atoms with Crippen molar-refractivity contribution in [3.8, 4) is 0 Å². The number of sulfonamides is 1. The van der Waals surface area contributed by atoms with E-state index in [1.165, 1.54) is 30.8 Å². The molecule has 1 aromatic carbocycles. The highest BCUT2D eigenvalue weighted by Gasteiger charge is 2.34. The van der Waals surface area contributed by atoms with Crippen LogP contribution in [0, 0.1) is 11.6 Å². The smallest absolute Gasteiger partial charge is 0.272 e. The second-order valence-corrected chi connectivity index (χ2v) is 8.20. The van der Waals surface area contributed by atoms with Crippen LogP contribution in [0.1, 0.15) is 29.4 Å². The molecule has 7 nitrogen and oxygen atoms in total. The van der Waals surface area contributed by atoms with E-state index in [1.807, 2.05) is 0 Å². The zero-order valence-corrected chi connectivity index (χ0v) is 15.5. The summed E-state index contributed by atoms with van der Waals surface area (Å²) >= 11 is 0. The van der Waals surface area contributed by atoms with Gasteiger partial charge in [0.15, 0.2) is 11.6 Å². The summed E-state index contributed by atoms with van der Waals surface area (Å²) in [7, 11) is -2.39. The van der Waals surface area contributed by atoms with Crippen LogP contribution in [-0.4, -0.2) is 36.1 Å². The number of carbonyl (C=O) groups is 1. The zero-order chi connectivity index (χ0) is 19.9. The van der Waals surface area contributed by atoms with Crippen molar-refractivity contribution in [2.75, 3.05) is 5.32 Å². The van der Waals surface area contributed by atoms with E-state index in [2.05, 4.69) is 10.0 Å². The van der Waals surface area contributed by atoms with Crippen molar-refractivity contribution in [3.63, 3.8) is 0 Å². The van der Waals surface area contributed by atoms with Crippen LogP contribution in [0.25, 0.3) is 0 Å². The molecule has 0 saturated carbocycles. The third-order valence-corrected chi connectivity index (χ3v) is 6.07. The molecule has 3 rings (SSSR count). The number of halogens is 2. The van der Waals surface area contributed by atoms with Crippen molar-refractivity contribution in [3.05, 3.63) is 47.3 Å². The topological polar surface area (TPSA) is 100 Å². The standard InChI is InChI=1S/C17H19F2N3O4S/c1-9(23)14-6-4-11-15(27(25,26)21-14)8-22(2)16(11)17(24)20-10-3-5-12(18)13(19)7-10/h3,5,7-9,14,21,23H,4,6H2,1-2H3,(H,20,24)/t9-,14?/m0/s1. The first-order chi connectivity index (χ1) is 12.6. The van der Waals surface area contributed by atoms with Gasteiger partial charge in [-0.15, -0.1) is 0 Å². The number of carbonyl (C=O) groups excluding carboxylic acids is 1. The second-order valence-electron chi connectivity index (χ2n) is 6.52. The third-order valence-electron chi connectivity index (χ3n) is 4.52. The number of hydrogen-bond donors (Lipinski definition) is 3. The van der Waals surface area contributed by atoms with Crippen LogP contribution in [0.3, 0.4) is 0 Å². The highest BCUT2D eigenvalue weighted by molar-refractivity contribution is 7.89. The van der Waals surface area contributed by atoms with E-state index in [4.69, 9.17) is 0 Å². The van der Waals surface area contributed by atoms with Gasteiger partial charge in [-0.2, -0.15) is 0 Å². The molecule has 0 aliphatic carbocycles. The number of rotatable bonds is 3. The molecule has 146 valence electrons. The summed E-state index contributed by atoms with van der Waals surface area (Å²) in [4.78, 5) is 12.7. The molecule has 0 saturated heterocycles. The van der Waals surface area contributed by atoms with Gasteiger partial charge in [0.05, 0.1) is 6.10 Å². The Kier molecular flexibility index (Phi) is 5.06. The first kappa shape index (κ1) is 19.5. The summed E-state index contributed by atoms with van der Waals surface area (Å²) < 4.78 is 55.4. The lowest BCUT2D eigenvalue weighted by atomic mass is 10.0. The molecule has 2 atom stereocenters. The number of anilines is 1. The lowest BCUT2D eigenvalue weighted by Gasteiger charge is -2.18. The minimum Gasteiger partial charge on any atom is -0.392 e. The number of benzene rings is 1. The van der Waals surface area contributed by atoms with Crippen LogP contribution in [0.15, 0.2) is 29.3 Å². The Morgan fingerprint density at radius 3 is 2.70 bits per heavy atom. The number of nitrogens with one attached hydrogen (secondary N) is 2. The molecule has 10 heteroatoms. The summed E-state index contributed by atoms with van der Waals surface area (Å²) in [5.74, 6) is -2.79. The van der Waals surface area contributed by atoms with Crippen LogP contribution in [0.5, 0.6) is 0 Å². The molecule has 1 unspecified atom stereocenters. The normalized spacial score (nSPS) is 19.8. The predicted molar refractivity (Wildman–Crippen MR) is 93.8 cm³/mol. The third kappa shape index (κ3) is 3.73. The number of hydrogen-bond acceptors (Lipinski definition) is 4. The van der Waals surface area contributed by atoms with Gasteiger partial charge in [-0.05, 0) is 31.9 Å². The van der Waals surface area contributed by atoms with E-state index in [1.54, 1.807) is 0 Å². The van der Waals surface area contributed by atoms with Crippen LogP contribution in [-0.2, 0) is 23.5 Å². The van der Waals surface area contributed by atoms with Gasteiger partial charge in [-0.3, -0.25) is 4.79 Å². The molecule has 1 aliphatic heterocycles. The Hall–Kier alpha value is -2.30. The predicted octanol–water partition coefficient (Wildman–Crippen LogP) is 1.53. The van der Waals surface area contributed by atoms with Gasteiger partial charge >= 0.3 is 0 Å². The van der Waals surface area contributed by atoms with E-state index in [-0.39, 0.29) is 22.7 Å². The van der Waals surface area contributed by atoms with Crippen molar-refractivity contribution in [1.29, 1.82) is 0 Å². The van der Waals surface area contributed by atoms with Gasteiger partial charge in [0.25, 0.3) is 5.91 Å². The van der Waals surface area contributed by atoms with E-state index in [9.17, 15) is 27.1 Å². The molecule has 3 N–H and O–H groups in total. The second kappa shape index (κ2) is 7.02. The lowest BCUT2D eigenvalue weighted by molar-refractivity contribution is 0.101. The molecule has 1 aromatic heterocycles. The summed E-state index contributed by atoms with van der Waals surface area (Å²) in [5.41, 5.74) is 0.463. The van der Waals surface area contributed by atoms with Crippen LogP contribution < -0.4 is 10.0 Å².